The zero-order chi connectivity index (χ0) is 35.3. The van der Waals surface area contributed by atoms with Crippen LogP contribution in [-0.4, -0.2) is 81.0 Å². The fraction of sp³-hybridized carbons (Fsp3) is 0.714. The van der Waals surface area contributed by atoms with E-state index in [0.29, 0.717) is 19.4 Å². The number of amides is 5. The van der Waals surface area contributed by atoms with Crippen molar-refractivity contribution in [2.45, 2.75) is 133 Å². The Morgan fingerprint density at radius 2 is 1.65 bits per heavy atom. The number of rotatable bonds is 13. The number of hydrogen-bond acceptors (Lipinski definition) is 8. The summed E-state index contributed by atoms with van der Waals surface area (Å²) >= 11 is -2.95. The maximum absolute atomic E-state index is 14.6. The van der Waals surface area contributed by atoms with Gasteiger partial charge in [-0.25, -0.2) is 0 Å². The van der Waals surface area contributed by atoms with Crippen LogP contribution in [-0.2, 0) is 19.2 Å². The van der Waals surface area contributed by atoms with Gasteiger partial charge in [-0.3, -0.25) is 0 Å². The van der Waals surface area contributed by atoms with Crippen LogP contribution in [0.2, 0.25) is 0 Å². The third-order valence-electron chi connectivity index (χ3n) is 10.1. The van der Waals surface area contributed by atoms with Gasteiger partial charge < -0.3 is 0 Å². The number of hydrogen-bond donors (Lipinski definition) is 4. The van der Waals surface area contributed by atoms with Crippen molar-refractivity contribution in [1.82, 2.24) is 34.3 Å². The molecule has 0 radical (unpaired) electrons. The van der Waals surface area contributed by atoms with Gasteiger partial charge in [0.25, 0.3) is 0 Å². The van der Waals surface area contributed by atoms with Gasteiger partial charge in [0.05, 0.1) is 0 Å². The summed E-state index contributed by atoms with van der Waals surface area (Å²) in [5, 5.41) is 11.6. The molecule has 4 aliphatic rings. The van der Waals surface area contributed by atoms with Gasteiger partial charge in [-0.05, 0) is 0 Å². The molecule has 1 saturated heterocycles. The number of carbonyl (C=O) groups excluding carboxylic acids is 6. The molecule has 3 saturated carbocycles. The molecule has 1 aromatic rings. The third kappa shape index (κ3) is 9.14. The number of ketones is 1. The SMILES string of the molecule is CCC[C@@H](NC(=O)I1[C@@H]2CCC[C@H]2CN1C(=O)[C@H](NC(=O)[C@H](NC(=O)c1cnccn1)C1CCCCC1)C(C)(C)C)C(=O)C(=O)NC1CC1. The van der Waals surface area contributed by atoms with Crippen molar-refractivity contribution >= 4 is 53.4 Å². The summed E-state index contributed by atoms with van der Waals surface area (Å²) in [5.41, 5.74) is -0.607. The van der Waals surface area contributed by atoms with Crippen LogP contribution in [0.5, 0.6) is 0 Å². The van der Waals surface area contributed by atoms with E-state index in [4.69, 9.17) is 0 Å². The van der Waals surface area contributed by atoms with Crippen LogP contribution in [0.4, 0.5) is 4.79 Å². The molecule has 14 heteroatoms. The first-order valence-electron chi connectivity index (χ1n) is 17.9. The molecule has 5 amide bonds. The molecular formula is C35H52IN7O6. The molecule has 5 atom stereocenters. The predicted octanol–water partition coefficient (Wildman–Crippen LogP) is 3.84. The Morgan fingerprint density at radius 3 is 2.29 bits per heavy atom. The Bertz CT molecular complexity index is 1390. The van der Waals surface area contributed by atoms with E-state index < -0.39 is 67.1 Å². The molecule has 1 aliphatic heterocycles. The number of carbonyl (C=O) groups is 6. The van der Waals surface area contributed by atoms with E-state index in [2.05, 4.69) is 31.2 Å². The standard InChI is InChI=1S/C35H52IN7O6/c1-5-10-25(28(44)32(47)39-23-15-16-23)40-34(49)36-24-14-9-13-22(24)20-43(36)33(48)29(35(2,3)4)42-31(46)27(21-11-7-6-8-12-21)41-30(45)26-19-37-17-18-38-26/h17-19,21-25,27,29H,5-16,20H2,1-4H3,(H,39,47)(H,40,49)(H,41,45)(H,42,46)/t22-,24+,25+,27+,29-/m0/s1. The Labute approximate surface area is 296 Å². The second kappa shape index (κ2) is 16.2. The third-order valence-corrected chi connectivity index (χ3v) is 16.7. The van der Waals surface area contributed by atoms with Crippen LogP contribution in [0.25, 0.3) is 0 Å². The summed E-state index contributed by atoms with van der Waals surface area (Å²) in [5.74, 6) is -2.46. The molecule has 5 rings (SSSR count). The van der Waals surface area contributed by atoms with Crippen molar-refractivity contribution in [2.75, 3.05) is 6.54 Å². The molecule has 1 aromatic heterocycles. The van der Waals surface area contributed by atoms with Crippen LogP contribution >= 0.6 is 20.1 Å². The molecule has 0 unspecified atom stereocenters. The van der Waals surface area contributed by atoms with Crippen LogP contribution in [0, 0.1) is 17.3 Å². The normalized spacial score (nSPS) is 23.5. The maximum atomic E-state index is 14.6. The Morgan fingerprint density at radius 1 is 0.918 bits per heavy atom. The van der Waals surface area contributed by atoms with Gasteiger partial charge in [0, 0.05) is 0 Å². The van der Waals surface area contributed by atoms with E-state index >= 15 is 0 Å². The molecule has 4 N–H and O–H groups in total. The molecule has 13 nitrogen and oxygen atoms in total. The van der Waals surface area contributed by atoms with E-state index in [1.807, 2.05) is 27.7 Å². The molecule has 270 valence electrons. The summed E-state index contributed by atoms with van der Waals surface area (Å²) in [6, 6.07) is -2.75. The number of halogens is 1. The molecule has 0 bridgehead atoms. The van der Waals surface area contributed by atoms with Crippen LogP contribution < -0.4 is 21.3 Å². The number of aromatic nitrogens is 2. The Kier molecular flexibility index (Phi) is 12.3. The number of nitrogens with one attached hydrogen (secondary N) is 4. The van der Waals surface area contributed by atoms with Gasteiger partial charge in [0.2, 0.25) is 0 Å². The Balaban J connectivity index is 1.36. The molecule has 4 fully saturated rings. The van der Waals surface area contributed by atoms with Gasteiger partial charge in [-0.2, -0.15) is 0 Å². The van der Waals surface area contributed by atoms with Crippen LogP contribution in [0.15, 0.2) is 18.6 Å². The number of fused-ring (bicyclic) bond motifs is 1. The second-order valence-corrected chi connectivity index (χ2v) is 20.4. The van der Waals surface area contributed by atoms with Crippen molar-refractivity contribution < 1.29 is 28.8 Å². The van der Waals surface area contributed by atoms with Crippen molar-refractivity contribution in [3.8, 4) is 0 Å². The number of alkyl halides is 1. The minimum atomic E-state index is -2.95. The first-order valence-corrected chi connectivity index (χ1v) is 21.2. The van der Waals surface area contributed by atoms with E-state index in [-0.39, 0.29) is 37.3 Å². The van der Waals surface area contributed by atoms with E-state index in [9.17, 15) is 28.8 Å². The van der Waals surface area contributed by atoms with Crippen molar-refractivity contribution in [1.29, 1.82) is 0 Å². The van der Waals surface area contributed by atoms with Gasteiger partial charge in [0.15, 0.2) is 0 Å². The zero-order valence-electron chi connectivity index (χ0n) is 29.1. The number of nitrogens with zero attached hydrogens (tertiary/aromatic N) is 3. The van der Waals surface area contributed by atoms with Crippen LogP contribution in [0.3, 0.4) is 0 Å². The molecule has 0 aromatic carbocycles. The first-order chi connectivity index (χ1) is 23.4. The summed E-state index contributed by atoms with van der Waals surface area (Å²) in [7, 11) is 0. The molecular weight excluding hydrogens is 741 g/mol. The van der Waals surface area contributed by atoms with Crippen molar-refractivity contribution in [3.05, 3.63) is 24.3 Å². The predicted molar refractivity (Wildman–Crippen MR) is 192 cm³/mol. The quantitative estimate of drug-likeness (QED) is 0.0581. The monoisotopic (exact) mass is 793 g/mol. The fourth-order valence-electron chi connectivity index (χ4n) is 7.21. The van der Waals surface area contributed by atoms with E-state index in [1.165, 1.54) is 18.6 Å². The summed E-state index contributed by atoms with van der Waals surface area (Å²) < 4.78 is 1.53. The van der Waals surface area contributed by atoms with Gasteiger partial charge in [0.1, 0.15) is 0 Å². The summed E-state index contributed by atoms with van der Waals surface area (Å²) in [6.07, 6.45) is 14.1. The molecule has 49 heavy (non-hydrogen) atoms. The van der Waals surface area contributed by atoms with Crippen molar-refractivity contribution in [2.24, 2.45) is 17.3 Å². The average Bonchev–Trinajstić information content (AvgIpc) is 3.65. The van der Waals surface area contributed by atoms with E-state index in [0.717, 1.165) is 64.2 Å². The minimum absolute atomic E-state index is 0.0229. The topological polar surface area (TPSA) is 180 Å². The van der Waals surface area contributed by atoms with Gasteiger partial charge in [-0.1, -0.05) is 0 Å². The van der Waals surface area contributed by atoms with Gasteiger partial charge in [-0.15, -0.1) is 0 Å². The molecule has 0 spiro atoms. The second-order valence-electron chi connectivity index (χ2n) is 15.0. The summed E-state index contributed by atoms with van der Waals surface area (Å²) in [4.78, 5) is 90.0. The summed E-state index contributed by atoms with van der Waals surface area (Å²) in [6.45, 7) is 7.98. The van der Waals surface area contributed by atoms with Gasteiger partial charge >= 0.3 is 297 Å². The van der Waals surface area contributed by atoms with E-state index in [1.54, 1.807) is 3.11 Å². The molecule has 2 heterocycles. The fourth-order valence-corrected chi connectivity index (χ4v) is 14.3. The average molecular weight is 794 g/mol. The number of Topliss-reactive ketones (excluding diaryl/α,β-unsaturated/α-hetero) is 1. The zero-order valence-corrected chi connectivity index (χ0v) is 31.3. The van der Waals surface area contributed by atoms with Crippen molar-refractivity contribution in [3.63, 3.8) is 0 Å². The Hall–Kier alpha value is -3.17. The molecule has 3 aliphatic carbocycles. The first kappa shape index (κ1) is 37.1. The van der Waals surface area contributed by atoms with Crippen LogP contribution in [0.1, 0.15) is 115 Å².